The van der Waals surface area contributed by atoms with Gasteiger partial charge in [-0.25, -0.2) is 13.2 Å². The van der Waals surface area contributed by atoms with E-state index in [1.807, 2.05) is 0 Å². The predicted molar refractivity (Wildman–Crippen MR) is 90.9 cm³/mol. The first kappa shape index (κ1) is 17.7. The number of piperidine rings is 1. The van der Waals surface area contributed by atoms with Crippen LogP contribution >= 0.6 is 0 Å². The molecule has 2 aliphatic rings. The van der Waals surface area contributed by atoms with Crippen molar-refractivity contribution in [3.63, 3.8) is 0 Å². The van der Waals surface area contributed by atoms with Crippen molar-refractivity contribution in [2.45, 2.75) is 30.7 Å². The Kier molecular flexibility index (Phi) is 4.49. The molecule has 0 aromatic heterocycles. The Morgan fingerprint density at radius 3 is 2.32 bits per heavy atom. The van der Waals surface area contributed by atoms with Gasteiger partial charge in [0.15, 0.2) is 9.84 Å². The molecule has 8 heteroatoms. The number of amides is 2. The third-order valence-corrected chi connectivity index (χ3v) is 6.35. The maximum absolute atomic E-state index is 12.4. The molecule has 0 bridgehead atoms. The molecule has 1 spiro atoms. The lowest BCUT2D eigenvalue weighted by atomic mass is 9.78. The third kappa shape index (κ3) is 3.78. The maximum atomic E-state index is 12.4. The van der Waals surface area contributed by atoms with Gasteiger partial charge >= 0.3 is 6.09 Å². The van der Waals surface area contributed by atoms with Gasteiger partial charge in [0.1, 0.15) is 0 Å². The van der Waals surface area contributed by atoms with Crippen molar-refractivity contribution in [3.05, 3.63) is 29.8 Å². The van der Waals surface area contributed by atoms with E-state index in [1.165, 1.54) is 11.2 Å². The summed E-state index contributed by atoms with van der Waals surface area (Å²) in [5, 5.41) is 9.05. The van der Waals surface area contributed by atoms with Crippen LogP contribution < -0.4 is 0 Å². The molecule has 2 heterocycles. The molecule has 1 aromatic carbocycles. The quantitative estimate of drug-likeness (QED) is 0.876. The molecule has 2 fully saturated rings. The van der Waals surface area contributed by atoms with E-state index in [9.17, 15) is 18.0 Å². The van der Waals surface area contributed by atoms with Crippen LogP contribution in [0.25, 0.3) is 0 Å². The molecule has 7 nitrogen and oxygen atoms in total. The second kappa shape index (κ2) is 6.33. The Balaban J connectivity index is 1.65. The lowest BCUT2D eigenvalue weighted by Crippen LogP contribution is -2.43. The Morgan fingerprint density at radius 2 is 1.80 bits per heavy atom. The minimum absolute atomic E-state index is 0.0796. The SMILES string of the molecule is CS(=O)(=O)c1ccc(CN2CC3(CCN(C(=O)O)CC3)CC2=O)cc1. The average molecular weight is 366 g/mol. The maximum Gasteiger partial charge on any atom is 0.407 e. The van der Waals surface area contributed by atoms with Crippen LogP contribution in [0.15, 0.2) is 29.2 Å². The van der Waals surface area contributed by atoms with Gasteiger partial charge in [-0.3, -0.25) is 4.79 Å². The number of likely N-dealkylation sites (tertiary alicyclic amines) is 2. The highest BCUT2D eigenvalue weighted by atomic mass is 32.2. The molecule has 0 saturated carbocycles. The van der Waals surface area contributed by atoms with E-state index < -0.39 is 15.9 Å². The summed E-state index contributed by atoms with van der Waals surface area (Å²) in [6.07, 6.45) is 2.13. The molecule has 0 unspecified atom stereocenters. The van der Waals surface area contributed by atoms with Crippen molar-refractivity contribution in [2.24, 2.45) is 5.41 Å². The van der Waals surface area contributed by atoms with Gasteiger partial charge in [0.25, 0.3) is 0 Å². The molecule has 2 aliphatic heterocycles. The monoisotopic (exact) mass is 366 g/mol. The van der Waals surface area contributed by atoms with Crippen molar-refractivity contribution >= 4 is 21.8 Å². The summed E-state index contributed by atoms with van der Waals surface area (Å²) in [6, 6.07) is 6.60. The zero-order valence-electron chi connectivity index (χ0n) is 14.1. The number of rotatable bonds is 3. The van der Waals surface area contributed by atoms with Gasteiger partial charge < -0.3 is 14.9 Å². The Hall–Kier alpha value is -2.09. The van der Waals surface area contributed by atoms with E-state index in [1.54, 1.807) is 29.2 Å². The molecular weight excluding hydrogens is 344 g/mol. The molecule has 3 rings (SSSR count). The van der Waals surface area contributed by atoms with Crippen LogP contribution in [0, 0.1) is 5.41 Å². The number of carbonyl (C=O) groups excluding carboxylic acids is 1. The van der Waals surface area contributed by atoms with Crippen LogP contribution in [-0.2, 0) is 21.2 Å². The van der Waals surface area contributed by atoms with Gasteiger partial charge in [-0.2, -0.15) is 0 Å². The molecule has 0 aliphatic carbocycles. The average Bonchev–Trinajstić information content (AvgIpc) is 2.83. The largest absolute Gasteiger partial charge is 0.465 e. The first-order chi connectivity index (χ1) is 11.7. The normalized spacial score (nSPS) is 20.3. The Labute approximate surface area is 147 Å². The fraction of sp³-hybridized carbons (Fsp3) is 0.529. The molecule has 2 saturated heterocycles. The second-order valence-corrected chi connectivity index (χ2v) is 9.13. The summed E-state index contributed by atoms with van der Waals surface area (Å²) in [4.78, 5) is 26.9. The lowest BCUT2D eigenvalue weighted by Gasteiger charge is -2.37. The fourth-order valence-corrected chi connectivity index (χ4v) is 4.33. The first-order valence-corrected chi connectivity index (χ1v) is 10.1. The van der Waals surface area contributed by atoms with E-state index in [0.717, 1.165) is 5.56 Å². The van der Waals surface area contributed by atoms with E-state index in [-0.39, 0.29) is 16.2 Å². The molecule has 1 aromatic rings. The van der Waals surface area contributed by atoms with Gasteiger partial charge in [-0.05, 0) is 30.5 Å². The third-order valence-electron chi connectivity index (χ3n) is 5.22. The standard InChI is InChI=1S/C17H22N2O5S/c1-25(23,24)14-4-2-13(3-5-14)11-19-12-17(10-15(19)20)6-8-18(9-7-17)16(21)22/h2-5H,6-12H2,1H3,(H,21,22). The summed E-state index contributed by atoms with van der Waals surface area (Å²) in [7, 11) is -3.23. The van der Waals surface area contributed by atoms with Crippen LogP contribution in [0.5, 0.6) is 0 Å². The van der Waals surface area contributed by atoms with Gasteiger partial charge in [0.05, 0.1) is 4.90 Å². The smallest absolute Gasteiger partial charge is 0.407 e. The first-order valence-electron chi connectivity index (χ1n) is 8.23. The van der Waals surface area contributed by atoms with Crippen LogP contribution in [-0.4, -0.2) is 61.2 Å². The minimum Gasteiger partial charge on any atom is -0.465 e. The number of hydrogen-bond acceptors (Lipinski definition) is 4. The minimum atomic E-state index is -3.23. The van der Waals surface area contributed by atoms with Crippen LogP contribution in [0.1, 0.15) is 24.8 Å². The van der Waals surface area contributed by atoms with Crippen LogP contribution in [0.2, 0.25) is 0 Å². The zero-order chi connectivity index (χ0) is 18.2. The number of sulfone groups is 1. The highest BCUT2D eigenvalue weighted by Gasteiger charge is 2.45. The molecular formula is C17H22N2O5S. The highest BCUT2D eigenvalue weighted by Crippen LogP contribution is 2.41. The number of carboxylic acid groups (broad SMARTS) is 1. The summed E-state index contributed by atoms with van der Waals surface area (Å²) in [5.74, 6) is 0.0796. The van der Waals surface area contributed by atoms with Gasteiger partial charge in [0.2, 0.25) is 5.91 Å². The van der Waals surface area contributed by atoms with Crippen molar-refractivity contribution in [1.29, 1.82) is 0 Å². The van der Waals surface area contributed by atoms with E-state index >= 15 is 0 Å². The Bertz CT molecular complexity index is 780. The van der Waals surface area contributed by atoms with E-state index in [2.05, 4.69) is 0 Å². The summed E-state index contributed by atoms with van der Waals surface area (Å²) in [5.41, 5.74) is 0.760. The fourth-order valence-electron chi connectivity index (χ4n) is 3.70. The molecule has 25 heavy (non-hydrogen) atoms. The van der Waals surface area contributed by atoms with Crippen molar-refractivity contribution < 1.29 is 23.1 Å². The molecule has 2 amide bonds. The molecule has 1 N–H and O–H groups in total. The van der Waals surface area contributed by atoms with E-state index in [0.29, 0.717) is 45.4 Å². The zero-order valence-corrected chi connectivity index (χ0v) is 15.0. The highest BCUT2D eigenvalue weighted by molar-refractivity contribution is 7.90. The number of benzene rings is 1. The summed E-state index contributed by atoms with van der Waals surface area (Å²) < 4.78 is 23.0. The van der Waals surface area contributed by atoms with E-state index in [4.69, 9.17) is 5.11 Å². The van der Waals surface area contributed by atoms with Gasteiger partial charge in [0, 0.05) is 44.3 Å². The second-order valence-electron chi connectivity index (χ2n) is 7.11. The van der Waals surface area contributed by atoms with Crippen LogP contribution in [0.4, 0.5) is 4.79 Å². The predicted octanol–water partition coefficient (Wildman–Crippen LogP) is 1.58. The summed E-state index contributed by atoms with van der Waals surface area (Å²) >= 11 is 0. The molecule has 0 atom stereocenters. The lowest BCUT2D eigenvalue weighted by molar-refractivity contribution is -0.128. The van der Waals surface area contributed by atoms with Crippen molar-refractivity contribution in [3.8, 4) is 0 Å². The number of nitrogens with zero attached hydrogens (tertiary/aromatic N) is 2. The topological polar surface area (TPSA) is 95.0 Å². The number of hydrogen-bond donors (Lipinski definition) is 1. The number of carbonyl (C=O) groups is 2. The van der Waals surface area contributed by atoms with Gasteiger partial charge in [-0.1, -0.05) is 12.1 Å². The van der Waals surface area contributed by atoms with Gasteiger partial charge in [-0.15, -0.1) is 0 Å². The summed E-state index contributed by atoms with van der Waals surface area (Å²) in [6.45, 7) is 2.03. The molecule has 0 radical (unpaired) electrons. The van der Waals surface area contributed by atoms with Crippen molar-refractivity contribution in [1.82, 2.24) is 9.80 Å². The Morgan fingerprint density at radius 1 is 1.20 bits per heavy atom. The van der Waals surface area contributed by atoms with Crippen molar-refractivity contribution in [2.75, 3.05) is 25.9 Å². The van der Waals surface area contributed by atoms with Crippen LogP contribution in [0.3, 0.4) is 0 Å². The molecule has 136 valence electrons.